The summed E-state index contributed by atoms with van der Waals surface area (Å²) in [6, 6.07) is 11.5. The van der Waals surface area contributed by atoms with Crippen LogP contribution in [0.2, 0.25) is 0 Å². The van der Waals surface area contributed by atoms with Crippen molar-refractivity contribution in [1.82, 2.24) is 0 Å². The van der Waals surface area contributed by atoms with Crippen LogP contribution in [0.3, 0.4) is 0 Å². The third-order valence-corrected chi connectivity index (χ3v) is 3.57. The van der Waals surface area contributed by atoms with E-state index < -0.39 is 5.82 Å². The van der Waals surface area contributed by atoms with Gasteiger partial charge in [0.25, 0.3) is 5.91 Å². The topological polar surface area (TPSA) is 46.3 Å². The smallest absolute Gasteiger partial charge is 0.261 e. The van der Waals surface area contributed by atoms with E-state index in [1.165, 1.54) is 17.0 Å². The zero-order chi connectivity index (χ0) is 15.4. The predicted molar refractivity (Wildman–Crippen MR) is 86.9 cm³/mol. The van der Waals surface area contributed by atoms with Gasteiger partial charge in [-0.15, -0.1) is 0 Å². The Labute approximate surface area is 131 Å². The fourth-order valence-corrected chi connectivity index (χ4v) is 2.43. The van der Waals surface area contributed by atoms with Crippen molar-refractivity contribution >= 4 is 33.2 Å². The largest absolute Gasteiger partial charge is 0.397 e. The molecule has 0 atom stereocenters. The Morgan fingerprint density at radius 1 is 1.29 bits per heavy atom. The molecule has 0 heterocycles. The second-order valence-corrected chi connectivity index (χ2v) is 5.56. The lowest BCUT2D eigenvalue weighted by Gasteiger charge is -2.24. The number of hydrogen-bond acceptors (Lipinski definition) is 2. The highest BCUT2D eigenvalue weighted by atomic mass is 79.9. The van der Waals surface area contributed by atoms with E-state index in [0.717, 1.165) is 6.42 Å². The summed E-state index contributed by atoms with van der Waals surface area (Å²) in [5.41, 5.74) is 7.07. The molecule has 0 fully saturated rings. The molecule has 2 N–H and O–H groups in total. The van der Waals surface area contributed by atoms with Crippen LogP contribution in [0.4, 0.5) is 15.8 Å². The van der Waals surface area contributed by atoms with Gasteiger partial charge < -0.3 is 10.6 Å². The predicted octanol–water partition coefficient (Wildman–Crippen LogP) is 4.23. The maximum atomic E-state index is 14.0. The Balaban J connectivity index is 2.43. The van der Waals surface area contributed by atoms with Crippen LogP contribution < -0.4 is 10.6 Å². The van der Waals surface area contributed by atoms with Crippen molar-refractivity contribution in [1.29, 1.82) is 0 Å². The SMILES string of the molecule is CCCN(C(=O)c1ccc(Br)cc1F)c1ccccc1N. The summed E-state index contributed by atoms with van der Waals surface area (Å²) in [6.45, 7) is 2.43. The highest BCUT2D eigenvalue weighted by Gasteiger charge is 2.21. The lowest BCUT2D eigenvalue weighted by molar-refractivity contribution is 0.0983. The number of nitrogens with zero attached hydrogens (tertiary/aromatic N) is 1. The average Bonchev–Trinajstić information content (AvgIpc) is 2.45. The Morgan fingerprint density at radius 3 is 2.62 bits per heavy atom. The summed E-state index contributed by atoms with van der Waals surface area (Å²) in [6.07, 6.45) is 0.748. The molecule has 5 heteroatoms. The number of rotatable bonds is 4. The van der Waals surface area contributed by atoms with E-state index in [9.17, 15) is 9.18 Å². The maximum absolute atomic E-state index is 14.0. The van der Waals surface area contributed by atoms with Crippen LogP contribution in [0.5, 0.6) is 0 Å². The molecular weight excluding hydrogens is 335 g/mol. The fraction of sp³-hybridized carbons (Fsp3) is 0.188. The number of nitrogens with two attached hydrogens (primary N) is 1. The molecule has 0 saturated heterocycles. The van der Waals surface area contributed by atoms with Gasteiger partial charge in [-0.25, -0.2) is 4.39 Å². The minimum atomic E-state index is -0.551. The zero-order valence-electron chi connectivity index (χ0n) is 11.6. The number of anilines is 2. The van der Waals surface area contributed by atoms with Gasteiger partial charge in [0.15, 0.2) is 0 Å². The van der Waals surface area contributed by atoms with Gasteiger partial charge >= 0.3 is 0 Å². The first-order valence-corrected chi connectivity index (χ1v) is 7.45. The summed E-state index contributed by atoms with van der Waals surface area (Å²) >= 11 is 3.18. The monoisotopic (exact) mass is 350 g/mol. The van der Waals surface area contributed by atoms with Crippen molar-refractivity contribution in [2.24, 2.45) is 0 Å². The maximum Gasteiger partial charge on any atom is 0.261 e. The first kappa shape index (κ1) is 15.5. The van der Waals surface area contributed by atoms with Crippen LogP contribution in [0.15, 0.2) is 46.9 Å². The molecular formula is C16H16BrFN2O. The van der Waals surface area contributed by atoms with Crippen LogP contribution in [0.25, 0.3) is 0 Å². The number of carbonyl (C=O) groups is 1. The molecule has 2 aromatic carbocycles. The Hall–Kier alpha value is -1.88. The highest BCUT2D eigenvalue weighted by molar-refractivity contribution is 9.10. The quantitative estimate of drug-likeness (QED) is 0.838. The lowest BCUT2D eigenvalue weighted by Crippen LogP contribution is -2.33. The number of nitrogen functional groups attached to an aromatic ring is 1. The summed E-state index contributed by atoms with van der Waals surface area (Å²) in [5.74, 6) is -0.940. The van der Waals surface area contributed by atoms with E-state index in [-0.39, 0.29) is 11.5 Å². The van der Waals surface area contributed by atoms with Crippen LogP contribution in [0.1, 0.15) is 23.7 Å². The molecule has 0 radical (unpaired) electrons. The van der Waals surface area contributed by atoms with E-state index in [1.54, 1.807) is 30.3 Å². The highest BCUT2D eigenvalue weighted by Crippen LogP contribution is 2.26. The molecule has 110 valence electrons. The van der Waals surface area contributed by atoms with Gasteiger partial charge in [-0.3, -0.25) is 4.79 Å². The molecule has 0 aliphatic carbocycles. The standard InChI is InChI=1S/C16H16BrFN2O/c1-2-9-20(15-6-4-3-5-14(15)19)16(21)12-8-7-11(17)10-13(12)18/h3-8,10H,2,9,19H2,1H3. The molecule has 0 aromatic heterocycles. The summed E-state index contributed by atoms with van der Waals surface area (Å²) in [7, 11) is 0. The van der Waals surface area contributed by atoms with Gasteiger partial charge in [0.05, 0.1) is 16.9 Å². The van der Waals surface area contributed by atoms with Crippen molar-refractivity contribution in [2.75, 3.05) is 17.2 Å². The Kier molecular flexibility index (Phi) is 4.96. The third kappa shape index (κ3) is 3.42. The van der Waals surface area contributed by atoms with Crippen LogP contribution in [0, 0.1) is 5.82 Å². The lowest BCUT2D eigenvalue weighted by atomic mass is 10.1. The number of benzene rings is 2. The van der Waals surface area contributed by atoms with Gasteiger partial charge in [0.2, 0.25) is 0 Å². The number of hydrogen-bond donors (Lipinski definition) is 1. The summed E-state index contributed by atoms with van der Waals surface area (Å²) < 4.78 is 14.6. The molecule has 0 spiro atoms. The molecule has 2 aromatic rings. The van der Waals surface area contributed by atoms with Crippen LogP contribution in [-0.4, -0.2) is 12.5 Å². The van der Waals surface area contributed by atoms with E-state index >= 15 is 0 Å². The number of amides is 1. The molecule has 21 heavy (non-hydrogen) atoms. The molecule has 0 bridgehead atoms. The average molecular weight is 351 g/mol. The summed E-state index contributed by atoms with van der Waals surface area (Å²) in [5, 5.41) is 0. The van der Waals surface area contributed by atoms with E-state index in [0.29, 0.717) is 22.4 Å². The molecule has 2 rings (SSSR count). The van der Waals surface area contributed by atoms with Crippen molar-refractivity contribution < 1.29 is 9.18 Å². The fourth-order valence-electron chi connectivity index (χ4n) is 2.10. The molecule has 0 aliphatic rings. The van der Waals surface area contributed by atoms with E-state index in [1.807, 2.05) is 6.92 Å². The second-order valence-electron chi connectivity index (χ2n) is 4.64. The van der Waals surface area contributed by atoms with Crippen molar-refractivity contribution in [3.63, 3.8) is 0 Å². The summed E-state index contributed by atoms with van der Waals surface area (Å²) in [4.78, 5) is 14.2. The van der Waals surface area contributed by atoms with Crippen molar-refractivity contribution in [2.45, 2.75) is 13.3 Å². The Morgan fingerprint density at radius 2 is 2.00 bits per heavy atom. The number of carbonyl (C=O) groups excluding carboxylic acids is 1. The zero-order valence-corrected chi connectivity index (χ0v) is 13.2. The number of para-hydroxylation sites is 2. The molecule has 0 saturated carbocycles. The van der Waals surface area contributed by atoms with Gasteiger partial charge in [-0.1, -0.05) is 35.0 Å². The van der Waals surface area contributed by atoms with Gasteiger partial charge in [-0.05, 0) is 36.8 Å². The normalized spacial score (nSPS) is 10.4. The van der Waals surface area contributed by atoms with Gasteiger partial charge in [0.1, 0.15) is 5.82 Å². The molecule has 3 nitrogen and oxygen atoms in total. The first-order valence-electron chi connectivity index (χ1n) is 6.66. The minimum Gasteiger partial charge on any atom is -0.397 e. The molecule has 0 aliphatic heterocycles. The van der Waals surface area contributed by atoms with Crippen molar-refractivity contribution in [3.8, 4) is 0 Å². The van der Waals surface area contributed by atoms with Gasteiger partial charge in [0, 0.05) is 11.0 Å². The third-order valence-electron chi connectivity index (χ3n) is 3.08. The minimum absolute atomic E-state index is 0.0369. The molecule has 0 unspecified atom stereocenters. The second kappa shape index (κ2) is 6.72. The number of halogens is 2. The molecule has 1 amide bonds. The van der Waals surface area contributed by atoms with E-state index in [4.69, 9.17) is 5.73 Å². The van der Waals surface area contributed by atoms with Crippen molar-refractivity contribution in [3.05, 3.63) is 58.3 Å². The Bertz CT molecular complexity index is 660. The van der Waals surface area contributed by atoms with Crippen LogP contribution in [-0.2, 0) is 0 Å². The van der Waals surface area contributed by atoms with Crippen LogP contribution >= 0.6 is 15.9 Å². The van der Waals surface area contributed by atoms with E-state index in [2.05, 4.69) is 15.9 Å². The van der Waals surface area contributed by atoms with Gasteiger partial charge in [-0.2, -0.15) is 0 Å². The first-order chi connectivity index (χ1) is 10.0.